The maximum atomic E-state index is 11.0. The summed E-state index contributed by atoms with van der Waals surface area (Å²) in [4.78, 5) is 11.0. The summed E-state index contributed by atoms with van der Waals surface area (Å²) in [6.07, 6.45) is 11.6. The highest BCUT2D eigenvalue weighted by Gasteiger charge is 2.60. The fraction of sp³-hybridized carbons (Fsp3) is 0.750. The second-order valence-corrected chi connectivity index (χ2v) is 11.3. The average molecular weight is 490 g/mol. The molecule has 196 valence electrons. The Morgan fingerprint density at radius 3 is 2.69 bits per heavy atom. The summed E-state index contributed by atoms with van der Waals surface area (Å²) in [7, 11) is 0. The van der Waals surface area contributed by atoms with E-state index in [2.05, 4.69) is 58.9 Å². The molecule has 4 aliphatic rings. The van der Waals surface area contributed by atoms with Crippen LogP contribution in [0.1, 0.15) is 60.3 Å². The van der Waals surface area contributed by atoms with Gasteiger partial charge in [0.05, 0.1) is 36.9 Å². The van der Waals surface area contributed by atoms with Crippen LogP contribution in [0.15, 0.2) is 36.0 Å². The van der Waals surface area contributed by atoms with Crippen molar-refractivity contribution in [2.24, 2.45) is 29.4 Å². The van der Waals surface area contributed by atoms with Crippen LogP contribution in [0.4, 0.5) is 0 Å². The maximum Gasteiger partial charge on any atom is 0.305 e. The molecular formula is C28H43NO6. The van der Waals surface area contributed by atoms with Crippen LogP contribution < -0.4 is 5.73 Å². The highest BCUT2D eigenvalue weighted by molar-refractivity contribution is 5.67. The van der Waals surface area contributed by atoms with Crippen molar-refractivity contribution in [3.63, 3.8) is 0 Å². The lowest BCUT2D eigenvalue weighted by atomic mass is 9.88. The largest absolute Gasteiger partial charge is 0.481 e. The molecule has 7 nitrogen and oxygen atoms in total. The number of hydrogen-bond donors (Lipinski definition) is 3. The molecule has 2 unspecified atom stereocenters. The second-order valence-electron chi connectivity index (χ2n) is 11.3. The van der Waals surface area contributed by atoms with Crippen LogP contribution in [0, 0.1) is 23.7 Å². The molecule has 0 aromatic heterocycles. The Morgan fingerprint density at radius 2 is 2.00 bits per heavy atom. The van der Waals surface area contributed by atoms with Gasteiger partial charge in [0.2, 0.25) is 0 Å². The van der Waals surface area contributed by atoms with Crippen LogP contribution >= 0.6 is 0 Å². The highest BCUT2D eigenvalue weighted by Crippen LogP contribution is 2.51. The minimum atomic E-state index is -0.918. The summed E-state index contributed by atoms with van der Waals surface area (Å²) in [5.74, 6) is 0.691. The monoisotopic (exact) mass is 489 g/mol. The fourth-order valence-electron chi connectivity index (χ4n) is 6.01. The van der Waals surface area contributed by atoms with Crippen LogP contribution in [0.2, 0.25) is 0 Å². The first-order valence-electron chi connectivity index (χ1n) is 13.2. The van der Waals surface area contributed by atoms with Gasteiger partial charge in [0.25, 0.3) is 0 Å². The number of epoxide rings is 1. The van der Waals surface area contributed by atoms with Crippen molar-refractivity contribution in [3.8, 4) is 0 Å². The van der Waals surface area contributed by atoms with Crippen LogP contribution in [-0.2, 0) is 19.0 Å². The Kier molecular flexibility index (Phi) is 7.94. The van der Waals surface area contributed by atoms with Gasteiger partial charge in [0, 0.05) is 12.0 Å². The molecule has 4 rings (SSSR count). The molecule has 35 heavy (non-hydrogen) atoms. The minimum absolute atomic E-state index is 0.100. The van der Waals surface area contributed by atoms with Gasteiger partial charge >= 0.3 is 5.97 Å². The number of nitrogens with two attached hydrogens (primary N) is 1. The molecule has 7 heteroatoms. The van der Waals surface area contributed by atoms with E-state index in [0.29, 0.717) is 30.1 Å². The standard InChI is InChI=1S/C28H43NO6/c1-6-22-15(2)8-12-24(34-22)28(5)27(35-28)16(3)7-9-19-17(4)20(19)10-11-23-26(32)21(29)13-18(33-23)14-25(30)31/h7-11,16-24,26-27,32H,6,12-14,29H2,1-5H3,(H,30,31)/t16-,17-,18+,19+,20+,21+,22-,23+,24-,26-,27?,28?/m1/s1. The molecule has 12 atom stereocenters. The van der Waals surface area contributed by atoms with Crippen molar-refractivity contribution in [3.05, 3.63) is 36.0 Å². The molecule has 0 radical (unpaired) electrons. The quantitative estimate of drug-likeness (QED) is 0.335. The number of aliphatic hydroxyl groups is 1. The number of carbonyl (C=O) groups is 1. The first-order chi connectivity index (χ1) is 16.5. The molecule has 0 amide bonds. The summed E-state index contributed by atoms with van der Waals surface area (Å²) in [6.45, 7) is 10.9. The van der Waals surface area contributed by atoms with Crippen LogP contribution in [0.5, 0.6) is 0 Å². The van der Waals surface area contributed by atoms with Crippen LogP contribution in [0.25, 0.3) is 0 Å². The number of allylic oxidation sites excluding steroid dienone is 2. The van der Waals surface area contributed by atoms with E-state index < -0.39 is 30.3 Å². The summed E-state index contributed by atoms with van der Waals surface area (Å²) < 4.78 is 18.4. The molecule has 3 aliphatic heterocycles. The lowest BCUT2D eigenvalue weighted by molar-refractivity contribution is -0.147. The van der Waals surface area contributed by atoms with Gasteiger partial charge in [-0.1, -0.05) is 51.2 Å². The molecule has 4 N–H and O–H groups in total. The zero-order chi connectivity index (χ0) is 25.5. The lowest BCUT2D eigenvalue weighted by Crippen LogP contribution is -2.51. The van der Waals surface area contributed by atoms with E-state index >= 15 is 0 Å². The third kappa shape index (κ3) is 5.75. The highest BCUT2D eigenvalue weighted by atomic mass is 16.6. The molecule has 3 heterocycles. The Bertz CT molecular complexity index is 870. The van der Waals surface area contributed by atoms with E-state index in [1.165, 1.54) is 5.57 Å². The Labute approximate surface area is 209 Å². The van der Waals surface area contributed by atoms with Crippen molar-refractivity contribution >= 4 is 5.97 Å². The van der Waals surface area contributed by atoms with Crippen molar-refractivity contribution in [1.82, 2.24) is 0 Å². The first-order valence-corrected chi connectivity index (χ1v) is 13.2. The first kappa shape index (κ1) is 26.6. The molecule has 0 aromatic rings. The molecule has 0 aromatic carbocycles. The van der Waals surface area contributed by atoms with Gasteiger partial charge in [0.1, 0.15) is 11.7 Å². The molecule has 1 saturated carbocycles. The van der Waals surface area contributed by atoms with Crippen molar-refractivity contribution < 1.29 is 29.2 Å². The van der Waals surface area contributed by atoms with Crippen LogP contribution in [0.3, 0.4) is 0 Å². The van der Waals surface area contributed by atoms with E-state index in [1.807, 2.05) is 6.08 Å². The zero-order valence-corrected chi connectivity index (χ0v) is 21.7. The summed E-state index contributed by atoms with van der Waals surface area (Å²) >= 11 is 0. The zero-order valence-electron chi connectivity index (χ0n) is 21.7. The fourth-order valence-corrected chi connectivity index (χ4v) is 6.01. The van der Waals surface area contributed by atoms with E-state index in [-0.39, 0.29) is 30.3 Å². The number of carboxylic acids is 1. The molecule has 3 fully saturated rings. The number of ether oxygens (including phenoxy) is 3. The van der Waals surface area contributed by atoms with Gasteiger partial charge in [-0.15, -0.1) is 0 Å². The topological polar surface area (TPSA) is 115 Å². The van der Waals surface area contributed by atoms with Crippen molar-refractivity contribution in [2.75, 3.05) is 0 Å². The third-order valence-electron chi connectivity index (χ3n) is 8.61. The Morgan fingerprint density at radius 1 is 1.29 bits per heavy atom. The van der Waals surface area contributed by atoms with Gasteiger partial charge in [-0.2, -0.15) is 0 Å². The summed E-state index contributed by atoms with van der Waals surface area (Å²) in [5, 5.41) is 19.5. The van der Waals surface area contributed by atoms with Gasteiger partial charge in [-0.25, -0.2) is 0 Å². The van der Waals surface area contributed by atoms with E-state index in [0.717, 1.165) is 12.8 Å². The number of aliphatic carboxylic acids is 1. The van der Waals surface area contributed by atoms with Crippen molar-refractivity contribution in [2.45, 2.75) is 109 Å². The summed E-state index contributed by atoms with van der Waals surface area (Å²) in [6, 6.07) is -0.482. The number of hydrogen-bond acceptors (Lipinski definition) is 6. The molecular weight excluding hydrogens is 446 g/mol. The molecule has 2 saturated heterocycles. The van der Waals surface area contributed by atoms with E-state index in [9.17, 15) is 9.90 Å². The lowest BCUT2D eigenvalue weighted by Gasteiger charge is -2.36. The maximum absolute atomic E-state index is 11.0. The predicted octanol–water partition coefficient (Wildman–Crippen LogP) is 3.61. The van der Waals surface area contributed by atoms with Gasteiger partial charge in [-0.3, -0.25) is 4.79 Å². The number of rotatable bonds is 9. The number of aliphatic hydroxyl groups excluding tert-OH is 1. The van der Waals surface area contributed by atoms with Crippen LogP contribution in [-0.4, -0.2) is 64.4 Å². The minimum Gasteiger partial charge on any atom is -0.481 e. The van der Waals surface area contributed by atoms with Gasteiger partial charge < -0.3 is 30.2 Å². The Hall–Kier alpha value is -1.51. The van der Waals surface area contributed by atoms with E-state index in [4.69, 9.17) is 25.1 Å². The smallest absolute Gasteiger partial charge is 0.305 e. The molecule has 0 bridgehead atoms. The van der Waals surface area contributed by atoms with Gasteiger partial charge in [0.15, 0.2) is 0 Å². The predicted molar refractivity (Wildman–Crippen MR) is 134 cm³/mol. The molecule has 1 aliphatic carbocycles. The SMILES string of the molecule is CC[C@H]1O[C@@H](C2(C)OC2[C@H](C)C=C[C@H]2[C@@H](C)[C@@H]2C=C[C@@H]2O[C@H](CC(=O)O)C[C@H](N)[C@H]2O)CC=C1C. The van der Waals surface area contributed by atoms with E-state index in [1.54, 1.807) is 0 Å². The van der Waals surface area contributed by atoms with Crippen molar-refractivity contribution in [1.29, 1.82) is 0 Å². The Balaban J connectivity index is 1.29. The second kappa shape index (κ2) is 10.5. The third-order valence-corrected chi connectivity index (χ3v) is 8.61. The van der Waals surface area contributed by atoms with Gasteiger partial charge in [-0.05, 0) is 56.4 Å². The number of carboxylic acid groups (broad SMARTS) is 1. The normalized spacial score (nSPS) is 46.5. The average Bonchev–Trinajstić information content (AvgIpc) is 3.68. The summed E-state index contributed by atoms with van der Waals surface area (Å²) in [5.41, 5.74) is 7.12. The molecule has 0 spiro atoms.